The lowest BCUT2D eigenvalue weighted by Crippen LogP contribution is -2.36. The number of benzene rings is 2. The number of anilines is 1. The third-order valence-corrected chi connectivity index (χ3v) is 6.13. The fraction of sp³-hybridized carbons (Fsp3) is 0.231. The minimum absolute atomic E-state index is 0.247. The van der Waals surface area contributed by atoms with Crippen LogP contribution < -0.4 is 14.8 Å². The first-order chi connectivity index (χ1) is 16.5. The van der Waals surface area contributed by atoms with Crippen molar-refractivity contribution in [3.05, 3.63) is 83.6 Å². The zero-order valence-electron chi connectivity index (χ0n) is 19.4. The molecule has 0 bridgehead atoms. The molecule has 0 radical (unpaired) electrons. The van der Waals surface area contributed by atoms with Crippen molar-refractivity contribution in [2.45, 2.75) is 19.9 Å². The number of aromatic amines is 1. The molecule has 176 valence electrons. The zero-order valence-corrected chi connectivity index (χ0v) is 20.2. The molecule has 34 heavy (non-hydrogen) atoms. The third-order valence-electron chi connectivity index (χ3n) is 5.77. The van der Waals surface area contributed by atoms with Crippen LogP contribution in [0.4, 0.5) is 10.1 Å². The number of thiocarbonyl (C=S) groups is 1. The molecule has 0 aliphatic carbocycles. The van der Waals surface area contributed by atoms with Crippen LogP contribution in [-0.2, 0) is 13.0 Å². The molecule has 6 nitrogen and oxygen atoms in total. The fourth-order valence-corrected chi connectivity index (χ4v) is 4.26. The van der Waals surface area contributed by atoms with Gasteiger partial charge in [0.2, 0.25) is 0 Å². The van der Waals surface area contributed by atoms with Gasteiger partial charge in [-0.25, -0.2) is 4.39 Å². The Kier molecular flexibility index (Phi) is 7.27. The van der Waals surface area contributed by atoms with Crippen LogP contribution in [0.25, 0.3) is 10.9 Å². The predicted octanol–water partition coefficient (Wildman–Crippen LogP) is 5.47. The Morgan fingerprint density at radius 2 is 1.88 bits per heavy atom. The van der Waals surface area contributed by atoms with Gasteiger partial charge in [-0.3, -0.25) is 4.98 Å². The van der Waals surface area contributed by atoms with E-state index in [1.165, 1.54) is 6.07 Å². The molecular weight excluding hydrogens is 451 g/mol. The highest BCUT2D eigenvalue weighted by Crippen LogP contribution is 2.29. The second-order valence-electron chi connectivity index (χ2n) is 7.94. The monoisotopic (exact) mass is 478 g/mol. The summed E-state index contributed by atoms with van der Waals surface area (Å²) in [5.74, 6) is 1.11. The Morgan fingerprint density at radius 1 is 1.09 bits per heavy atom. The van der Waals surface area contributed by atoms with Crippen LogP contribution in [0, 0.1) is 12.7 Å². The number of fused-ring (bicyclic) bond motifs is 1. The molecule has 4 rings (SSSR count). The Labute approximate surface area is 203 Å². The van der Waals surface area contributed by atoms with Gasteiger partial charge in [0.05, 0.1) is 19.9 Å². The van der Waals surface area contributed by atoms with Crippen molar-refractivity contribution in [3.8, 4) is 11.5 Å². The van der Waals surface area contributed by atoms with Gasteiger partial charge < -0.3 is 24.7 Å². The molecule has 0 unspecified atom stereocenters. The maximum absolute atomic E-state index is 13.9. The number of rotatable bonds is 8. The summed E-state index contributed by atoms with van der Waals surface area (Å²) < 4.78 is 24.8. The van der Waals surface area contributed by atoms with Gasteiger partial charge in [-0.05, 0) is 79.2 Å². The van der Waals surface area contributed by atoms with E-state index in [2.05, 4.69) is 20.2 Å². The highest BCUT2D eigenvalue weighted by Gasteiger charge is 2.16. The molecule has 0 spiro atoms. The minimum atomic E-state index is -0.247. The van der Waals surface area contributed by atoms with Gasteiger partial charge >= 0.3 is 0 Å². The first kappa shape index (κ1) is 23.5. The first-order valence-electron chi connectivity index (χ1n) is 10.9. The lowest BCUT2D eigenvalue weighted by molar-refractivity contribution is 0.403. The van der Waals surface area contributed by atoms with Crippen molar-refractivity contribution >= 4 is 33.9 Å². The smallest absolute Gasteiger partial charge is 0.173 e. The average Bonchev–Trinajstić information content (AvgIpc) is 3.16. The SMILES string of the molecule is COc1ccc(OC)c(NC(=S)N(CCc2c(C)[nH]c3ccc(F)cc23)Cc2ccncc2)c1. The normalized spacial score (nSPS) is 10.8. The predicted molar refractivity (Wildman–Crippen MR) is 137 cm³/mol. The number of hydrogen-bond donors (Lipinski definition) is 2. The van der Waals surface area contributed by atoms with Gasteiger partial charge in [-0.2, -0.15) is 0 Å². The van der Waals surface area contributed by atoms with Crippen molar-refractivity contribution in [1.29, 1.82) is 0 Å². The first-order valence-corrected chi connectivity index (χ1v) is 11.3. The van der Waals surface area contributed by atoms with Crippen LogP contribution in [0.2, 0.25) is 0 Å². The Hall–Kier alpha value is -3.65. The number of ether oxygens (including phenoxy) is 2. The largest absolute Gasteiger partial charge is 0.497 e. The molecule has 0 saturated heterocycles. The number of nitrogens with one attached hydrogen (secondary N) is 2. The van der Waals surface area contributed by atoms with Gasteiger partial charge in [0, 0.05) is 48.1 Å². The Morgan fingerprint density at radius 3 is 2.62 bits per heavy atom. The second kappa shape index (κ2) is 10.5. The minimum Gasteiger partial charge on any atom is -0.497 e. The molecule has 4 aromatic rings. The van der Waals surface area contributed by atoms with E-state index < -0.39 is 0 Å². The summed E-state index contributed by atoms with van der Waals surface area (Å²) in [5.41, 5.74) is 4.83. The van der Waals surface area contributed by atoms with E-state index in [4.69, 9.17) is 21.7 Å². The molecular formula is C26H27FN4O2S. The number of aryl methyl sites for hydroxylation is 1. The molecule has 2 aromatic heterocycles. The lowest BCUT2D eigenvalue weighted by atomic mass is 10.1. The third kappa shape index (κ3) is 5.28. The van der Waals surface area contributed by atoms with Crippen molar-refractivity contribution in [1.82, 2.24) is 14.9 Å². The average molecular weight is 479 g/mol. The molecule has 0 aliphatic rings. The maximum atomic E-state index is 13.9. The number of aromatic nitrogens is 2. The van der Waals surface area contributed by atoms with Crippen LogP contribution in [0.5, 0.6) is 11.5 Å². The quantitative estimate of drug-likeness (QED) is 0.328. The van der Waals surface area contributed by atoms with Gasteiger partial charge in [0.15, 0.2) is 5.11 Å². The topological polar surface area (TPSA) is 62.4 Å². The standard InChI is InChI=1S/C26H27FN4O2S/c1-17-21(22-14-19(27)4-6-23(22)29-17)10-13-31(16-18-8-11-28-12-9-18)26(34)30-24-15-20(32-2)5-7-25(24)33-3/h4-9,11-12,14-15,29H,10,13,16H2,1-3H3,(H,30,34). The lowest BCUT2D eigenvalue weighted by Gasteiger charge is -2.27. The summed E-state index contributed by atoms with van der Waals surface area (Å²) in [7, 11) is 3.23. The highest BCUT2D eigenvalue weighted by atomic mass is 32.1. The van der Waals surface area contributed by atoms with Crippen LogP contribution in [0.15, 0.2) is 60.9 Å². The Bertz CT molecular complexity index is 1290. The van der Waals surface area contributed by atoms with Crippen LogP contribution in [-0.4, -0.2) is 40.7 Å². The molecule has 0 amide bonds. The maximum Gasteiger partial charge on any atom is 0.173 e. The van der Waals surface area contributed by atoms with Gasteiger partial charge in [0.1, 0.15) is 17.3 Å². The van der Waals surface area contributed by atoms with Crippen molar-refractivity contribution in [2.75, 3.05) is 26.1 Å². The zero-order chi connectivity index (χ0) is 24.1. The molecule has 0 atom stereocenters. The second-order valence-corrected chi connectivity index (χ2v) is 8.33. The highest BCUT2D eigenvalue weighted by molar-refractivity contribution is 7.80. The van der Waals surface area contributed by atoms with Gasteiger partial charge in [-0.15, -0.1) is 0 Å². The van der Waals surface area contributed by atoms with Crippen LogP contribution in [0.1, 0.15) is 16.8 Å². The molecule has 0 saturated carbocycles. The summed E-state index contributed by atoms with van der Waals surface area (Å²) in [6.07, 6.45) is 4.22. The van der Waals surface area contributed by atoms with E-state index in [-0.39, 0.29) is 5.82 Å². The van der Waals surface area contributed by atoms with E-state index in [9.17, 15) is 4.39 Å². The van der Waals surface area contributed by atoms with Crippen molar-refractivity contribution in [2.24, 2.45) is 0 Å². The number of pyridine rings is 1. The fourth-order valence-electron chi connectivity index (χ4n) is 3.99. The van der Waals surface area contributed by atoms with Gasteiger partial charge in [0.25, 0.3) is 0 Å². The number of methoxy groups -OCH3 is 2. The number of hydrogen-bond acceptors (Lipinski definition) is 4. The molecule has 0 aliphatic heterocycles. The molecule has 0 fully saturated rings. The van der Waals surface area contributed by atoms with Gasteiger partial charge in [-0.1, -0.05) is 0 Å². The van der Waals surface area contributed by atoms with E-state index in [1.807, 2.05) is 37.3 Å². The van der Waals surface area contributed by atoms with E-state index >= 15 is 0 Å². The molecule has 8 heteroatoms. The van der Waals surface area contributed by atoms with E-state index in [0.29, 0.717) is 36.1 Å². The molecule has 2 aromatic carbocycles. The molecule has 2 heterocycles. The summed E-state index contributed by atoms with van der Waals surface area (Å²) in [6, 6.07) is 14.3. The molecule has 2 N–H and O–H groups in total. The summed E-state index contributed by atoms with van der Waals surface area (Å²) >= 11 is 5.82. The summed E-state index contributed by atoms with van der Waals surface area (Å²) in [5, 5.41) is 4.76. The number of nitrogens with zero attached hydrogens (tertiary/aromatic N) is 2. The summed E-state index contributed by atoms with van der Waals surface area (Å²) in [4.78, 5) is 9.55. The van der Waals surface area contributed by atoms with Crippen molar-refractivity contribution < 1.29 is 13.9 Å². The van der Waals surface area contributed by atoms with Crippen LogP contribution >= 0.6 is 12.2 Å². The van der Waals surface area contributed by atoms with Crippen LogP contribution in [0.3, 0.4) is 0 Å². The van der Waals surface area contributed by atoms with Crippen molar-refractivity contribution in [3.63, 3.8) is 0 Å². The number of H-pyrrole nitrogens is 1. The van der Waals surface area contributed by atoms with E-state index in [0.717, 1.165) is 33.4 Å². The number of halogens is 1. The Balaban J connectivity index is 1.59. The van der Waals surface area contributed by atoms with E-state index in [1.54, 1.807) is 38.7 Å². The summed E-state index contributed by atoms with van der Waals surface area (Å²) in [6.45, 7) is 3.24.